The molecule has 0 aliphatic heterocycles. The highest BCUT2D eigenvalue weighted by atomic mass is 32.1. The van der Waals surface area contributed by atoms with E-state index in [0.29, 0.717) is 11.3 Å². The van der Waals surface area contributed by atoms with Crippen LogP contribution in [0.5, 0.6) is 0 Å². The number of amidine groups is 1. The predicted octanol–water partition coefficient (Wildman–Crippen LogP) is 1.70. The third kappa shape index (κ3) is 3.74. The Bertz CT molecular complexity index is 415. The van der Waals surface area contributed by atoms with E-state index in [0.717, 1.165) is 11.3 Å². The van der Waals surface area contributed by atoms with E-state index in [1.54, 1.807) is 6.07 Å². The second kappa shape index (κ2) is 6.24. The van der Waals surface area contributed by atoms with Gasteiger partial charge in [0.1, 0.15) is 0 Å². The maximum atomic E-state index is 11.9. The molecular weight excluding hydrogens is 238 g/mol. The van der Waals surface area contributed by atoms with Crippen LogP contribution in [0.15, 0.2) is 17.3 Å². The summed E-state index contributed by atoms with van der Waals surface area (Å²) in [6, 6.07) is 3.24. The molecule has 0 aliphatic rings. The number of carbonyl (C=O) groups is 1. The molecule has 1 aromatic heterocycles. The molecule has 0 saturated heterocycles. The standard InChI is InChI=1S/C11H17N3O2S/c1-3-4-8(10(12)14-16)13-11(15)9-6-5-7(2)17-9/h5-6,8,16H,3-4H2,1-2H3,(H2,12,14)(H,13,15). The second-order valence-corrected chi connectivity index (χ2v) is 5.04. The van der Waals surface area contributed by atoms with E-state index >= 15 is 0 Å². The minimum Gasteiger partial charge on any atom is -0.409 e. The van der Waals surface area contributed by atoms with E-state index in [1.165, 1.54) is 11.3 Å². The zero-order valence-corrected chi connectivity index (χ0v) is 10.8. The molecule has 94 valence electrons. The van der Waals surface area contributed by atoms with Gasteiger partial charge in [0.25, 0.3) is 5.91 Å². The molecule has 1 rings (SSSR count). The molecule has 1 amide bonds. The van der Waals surface area contributed by atoms with E-state index in [2.05, 4.69) is 10.5 Å². The highest BCUT2D eigenvalue weighted by Gasteiger charge is 2.17. The SMILES string of the molecule is CCCC(NC(=O)c1ccc(C)s1)/C(N)=N/O. The highest BCUT2D eigenvalue weighted by Crippen LogP contribution is 2.15. The number of carbonyl (C=O) groups excluding carboxylic acids is 1. The Hall–Kier alpha value is -1.56. The molecule has 0 bridgehead atoms. The summed E-state index contributed by atoms with van der Waals surface area (Å²) in [5, 5.41) is 14.3. The van der Waals surface area contributed by atoms with Crippen molar-refractivity contribution < 1.29 is 10.0 Å². The van der Waals surface area contributed by atoms with Crippen molar-refractivity contribution in [3.05, 3.63) is 21.9 Å². The Kier molecular flexibility index (Phi) is 4.96. The molecule has 0 spiro atoms. The van der Waals surface area contributed by atoms with Gasteiger partial charge in [-0.05, 0) is 25.5 Å². The number of hydrogen-bond acceptors (Lipinski definition) is 4. The van der Waals surface area contributed by atoms with E-state index in [9.17, 15) is 4.79 Å². The van der Waals surface area contributed by atoms with Crippen LogP contribution in [0, 0.1) is 6.92 Å². The second-order valence-electron chi connectivity index (χ2n) is 3.75. The van der Waals surface area contributed by atoms with Crippen molar-refractivity contribution in [2.24, 2.45) is 10.9 Å². The molecule has 4 N–H and O–H groups in total. The van der Waals surface area contributed by atoms with Gasteiger partial charge in [0.15, 0.2) is 5.84 Å². The average Bonchev–Trinajstić information content (AvgIpc) is 2.74. The van der Waals surface area contributed by atoms with Crippen molar-refractivity contribution in [3.8, 4) is 0 Å². The van der Waals surface area contributed by atoms with E-state index < -0.39 is 6.04 Å². The Labute approximate surface area is 104 Å². The molecule has 17 heavy (non-hydrogen) atoms. The number of thiophene rings is 1. The van der Waals surface area contributed by atoms with Crippen molar-refractivity contribution in [1.29, 1.82) is 0 Å². The first-order valence-electron chi connectivity index (χ1n) is 5.43. The Morgan fingerprint density at radius 2 is 2.35 bits per heavy atom. The lowest BCUT2D eigenvalue weighted by Crippen LogP contribution is -2.44. The van der Waals surface area contributed by atoms with Crippen LogP contribution in [-0.4, -0.2) is 23.0 Å². The van der Waals surface area contributed by atoms with Crippen LogP contribution in [0.25, 0.3) is 0 Å². The number of aryl methyl sites for hydroxylation is 1. The summed E-state index contributed by atoms with van der Waals surface area (Å²) < 4.78 is 0. The maximum Gasteiger partial charge on any atom is 0.261 e. The van der Waals surface area contributed by atoms with Gasteiger partial charge in [0.05, 0.1) is 10.9 Å². The summed E-state index contributed by atoms with van der Waals surface area (Å²) >= 11 is 1.42. The minimum atomic E-state index is -0.417. The number of amides is 1. The number of oxime groups is 1. The van der Waals surface area contributed by atoms with Gasteiger partial charge in [-0.1, -0.05) is 18.5 Å². The fraction of sp³-hybridized carbons (Fsp3) is 0.455. The lowest BCUT2D eigenvalue weighted by Gasteiger charge is -2.15. The Balaban J connectivity index is 2.70. The van der Waals surface area contributed by atoms with Gasteiger partial charge >= 0.3 is 0 Å². The first-order valence-corrected chi connectivity index (χ1v) is 6.24. The quantitative estimate of drug-likeness (QED) is 0.324. The summed E-state index contributed by atoms with van der Waals surface area (Å²) in [4.78, 5) is 13.6. The fourth-order valence-electron chi connectivity index (χ4n) is 1.44. The highest BCUT2D eigenvalue weighted by molar-refractivity contribution is 7.13. The van der Waals surface area contributed by atoms with Gasteiger partial charge in [-0.2, -0.15) is 0 Å². The predicted molar refractivity (Wildman–Crippen MR) is 68.6 cm³/mol. The Morgan fingerprint density at radius 1 is 1.65 bits per heavy atom. The van der Waals surface area contributed by atoms with Gasteiger partial charge in [-0.3, -0.25) is 4.79 Å². The van der Waals surface area contributed by atoms with Crippen molar-refractivity contribution in [2.45, 2.75) is 32.7 Å². The summed E-state index contributed by atoms with van der Waals surface area (Å²) in [5.74, 6) is -0.151. The van der Waals surface area contributed by atoms with Gasteiger partial charge in [0.2, 0.25) is 0 Å². The van der Waals surface area contributed by atoms with E-state index in [4.69, 9.17) is 10.9 Å². The van der Waals surface area contributed by atoms with Crippen LogP contribution in [0.2, 0.25) is 0 Å². The van der Waals surface area contributed by atoms with Crippen molar-refractivity contribution in [2.75, 3.05) is 0 Å². The molecule has 0 radical (unpaired) electrons. The van der Waals surface area contributed by atoms with E-state index in [-0.39, 0.29) is 11.7 Å². The molecule has 0 aromatic carbocycles. The molecule has 5 nitrogen and oxygen atoms in total. The van der Waals surface area contributed by atoms with E-state index in [1.807, 2.05) is 19.9 Å². The number of rotatable bonds is 5. The number of nitrogens with zero attached hydrogens (tertiary/aromatic N) is 1. The molecule has 0 aliphatic carbocycles. The van der Waals surface area contributed by atoms with Gasteiger partial charge in [0, 0.05) is 4.88 Å². The smallest absolute Gasteiger partial charge is 0.261 e. The molecule has 1 unspecified atom stereocenters. The summed E-state index contributed by atoms with van der Waals surface area (Å²) in [7, 11) is 0. The van der Waals surface area contributed by atoms with Crippen molar-refractivity contribution >= 4 is 23.1 Å². The number of nitrogens with one attached hydrogen (secondary N) is 1. The van der Waals surface area contributed by atoms with Crippen LogP contribution in [0.1, 0.15) is 34.3 Å². The fourth-order valence-corrected chi connectivity index (χ4v) is 2.21. The first-order chi connectivity index (χ1) is 8.08. The maximum absolute atomic E-state index is 11.9. The van der Waals surface area contributed by atoms with Gasteiger partial charge in [-0.25, -0.2) is 0 Å². The number of hydrogen-bond donors (Lipinski definition) is 3. The first kappa shape index (κ1) is 13.5. The lowest BCUT2D eigenvalue weighted by molar-refractivity contribution is 0.0949. The molecule has 0 fully saturated rings. The summed E-state index contributed by atoms with van der Waals surface area (Å²) in [6.07, 6.45) is 1.48. The van der Waals surface area contributed by atoms with Crippen LogP contribution < -0.4 is 11.1 Å². The van der Waals surface area contributed by atoms with Crippen LogP contribution in [0.4, 0.5) is 0 Å². The zero-order chi connectivity index (χ0) is 12.8. The Morgan fingerprint density at radius 3 is 2.82 bits per heavy atom. The number of nitrogens with two attached hydrogens (primary N) is 1. The van der Waals surface area contributed by atoms with Crippen molar-refractivity contribution in [3.63, 3.8) is 0 Å². The molecule has 1 atom stereocenters. The topological polar surface area (TPSA) is 87.7 Å². The monoisotopic (exact) mass is 255 g/mol. The molecule has 1 aromatic rings. The molecule has 6 heteroatoms. The van der Waals surface area contributed by atoms with Crippen LogP contribution in [0.3, 0.4) is 0 Å². The molecule has 0 saturated carbocycles. The third-order valence-electron chi connectivity index (χ3n) is 2.32. The summed E-state index contributed by atoms with van der Waals surface area (Å²) in [6.45, 7) is 3.91. The van der Waals surface area contributed by atoms with Gasteiger partial charge < -0.3 is 16.3 Å². The normalized spacial score (nSPS) is 13.4. The molecule has 1 heterocycles. The minimum absolute atomic E-state index is 0.0356. The zero-order valence-electron chi connectivity index (χ0n) is 9.93. The molecular formula is C11H17N3O2S. The third-order valence-corrected chi connectivity index (χ3v) is 3.32. The largest absolute Gasteiger partial charge is 0.409 e. The van der Waals surface area contributed by atoms with Crippen molar-refractivity contribution in [1.82, 2.24) is 5.32 Å². The van der Waals surface area contributed by atoms with Gasteiger partial charge in [-0.15, -0.1) is 11.3 Å². The lowest BCUT2D eigenvalue weighted by atomic mass is 10.1. The van der Waals surface area contributed by atoms with Crippen LogP contribution in [-0.2, 0) is 0 Å². The summed E-state index contributed by atoms with van der Waals surface area (Å²) in [5.41, 5.74) is 5.52. The average molecular weight is 255 g/mol. The van der Waals surface area contributed by atoms with Crippen LogP contribution >= 0.6 is 11.3 Å².